The van der Waals surface area contributed by atoms with E-state index in [4.69, 9.17) is 61.3 Å². The third kappa shape index (κ3) is 117. The average Bonchev–Trinajstić information content (AvgIpc) is 2.88. The smallest absolute Gasteiger partial charge is 0.395 e. The van der Waals surface area contributed by atoms with Crippen LogP contribution < -0.4 is 0 Å². The van der Waals surface area contributed by atoms with Crippen molar-refractivity contribution in [3.63, 3.8) is 0 Å². The van der Waals surface area contributed by atoms with Gasteiger partial charge in [-0.15, -0.1) is 0 Å². The summed E-state index contributed by atoms with van der Waals surface area (Å²) in [5.74, 6) is 0. The van der Waals surface area contributed by atoms with Crippen LogP contribution in [0, 0.1) is 0 Å². The summed E-state index contributed by atoms with van der Waals surface area (Å²) in [4.78, 5) is 7.72. The summed E-state index contributed by atoms with van der Waals surface area (Å²) in [5.41, 5.74) is 0. The fraction of sp³-hybridized carbons (Fsp3) is 1.00. The molecular weight excluding hydrogens is 1020 g/mol. The minimum absolute atomic E-state index is 0. The van der Waals surface area contributed by atoms with Gasteiger partial charge in [-0.1, -0.05) is 0 Å². The normalized spacial score (nSPS) is 10.7. The molecule has 56 heavy (non-hydrogen) atoms. The van der Waals surface area contributed by atoms with Gasteiger partial charge in [0.05, 0.1) is 26.4 Å². The van der Waals surface area contributed by atoms with Crippen LogP contribution in [-0.4, -0.2) is 240 Å². The summed E-state index contributed by atoms with van der Waals surface area (Å²) in [6, 6.07) is 0. The van der Waals surface area contributed by atoms with Gasteiger partial charge in [0.2, 0.25) is 0 Å². The van der Waals surface area contributed by atoms with Gasteiger partial charge in [0.15, 0.2) is 0 Å². The van der Waals surface area contributed by atoms with Crippen molar-refractivity contribution in [3.8, 4) is 0 Å². The molecule has 0 unspecified atom stereocenters. The minimum atomic E-state index is -4.89. The molecule has 16 nitrogen and oxygen atoms in total. The predicted molar refractivity (Wildman–Crippen MR) is 160 cm³/mol. The molecule has 0 aliphatic rings. The van der Waals surface area contributed by atoms with Crippen molar-refractivity contribution in [2.24, 2.45) is 0 Å². The fourth-order valence-corrected chi connectivity index (χ4v) is 0.800. The molecule has 0 atom stereocenters. The molecule has 0 aromatic carbocycles. The largest absolute Gasteiger partial charge is 1.00 e. The molecule has 0 aliphatic heterocycles. The maximum atomic E-state index is 10.7. The summed E-state index contributed by atoms with van der Waals surface area (Å²) >= 11 is 0. The van der Waals surface area contributed by atoms with Crippen LogP contribution in [0.4, 0.5) is 52.7 Å². The van der Waals surface area contributed by atoms with Gasteiger partial charge in [-0.2, -0.15) is 52.7 Å². The van der Waals surface area contributed by atoms with E-state index in [0.29, 0.717) is 0 Å². The Balaban J connectivity index is -0.0000000392. The first kappa shape index (κ1) is 88.0. The zero-order valence-corrected chi connectivity index (χ0v) is 34.6. The topological polar surface area (TPSA) is 256 Å². The Morgan fingerprint density at radius 3 is 0.375 bits per heavy atom. The molecule has 0 saturated heterocycles. The molecule has 0 aromatic rings. The summed E-state index contributed by atoms with van der Waals surface area (Å²) < 4.78 is 128. The first-order valence-electron chi connectivity index (χ1n) is 13.6. The summed E-state index contributed by atoms with van der Waals surface area (Å²) in [7, 11) is 15.4. The van der Waals surface area contributed by atoms with E-state index in [2.05, 4.69) is 0 Å². The number of nitrogens with zero attached hydrogens (tertiary/aromatic N) is 4. The summed E-state index contributed by atoms with van der Waals surface area (Å²) in [6.07, 6.45) is -32.4. The number of aliphatic hydroxyl groups is 12. The van der Waals surface area contributed by atoms with Crippen LogP contribution in [0.15, 0.2) is 0 Å². The molecule has 0 bridgehead atoms. The number of halogens is 12. The molecule has 0 heterocycles. The van der Waals surface area contributed by atoms with Crippen LogP contribution in [0.25, 0.3) is 0 Å². The van der Waals surface area contributed by atoms with Gasteiger partial charge in [-0.3, -0.25) is 0 Å². The molecule has 0 saturated carbocycles. The molecule has 0 rings (SSSR count). The molecule has 0 amide bonds. The Morgan fingerprint density at radius 2 is 0.375 bits per heavy atom. The molecule has 32 heteroatoms. The Labute approximate surface area is 359 Å². The summed E-state index contributed by atoms with van der Waals surface area (Å²) in [5, 5.41) is 91.3. The second kappa shape index (κ2) is 51.7. The van der Waals surface area contributed by atoms with E-state index in [1.807, 2.05) is 76.0 Å². The Kier molecular flexibility index (Phi) is 81.3. The number of rotatable bonds is 8. The Bertz CT molecular complexity index is 598. The predicted octanol–water partition coefficient (Wildman–Crippen LogP) is -2.41. The van der Waals surface area contributed by atoms with E-state index in [1.165, 1.54) is 0 Å². The van der Waals surface area contributed by atoms with Gasteiger partial charge in [0.25, 0.3) is 25.2 Å². The van der Waals surface area contributed by atoms with Crippen LogP contribution in [0.5, 0.6) is 0 Å². The molecule has 0 radical (unpaired) electrons. The quantitative estimate of drug-likeness (QED) is 0.0687. The summed E-state index contributed by atoms with van der Waals surface area (Å²) in [6.45, 7) is 4.08. The third-order valence-corrected chi connectivity index (χ3v) is 3.36. The van der Waals surface area contributed by atoms with Crippen LogP contribution in [0.1, 0.15) is 0 Å². The second-order valence-corrected chi connectivity index (χ2v) is 9.77. The number of alkyl halides is 12. The molecule has 0 fully saturated rings. The standard InChI is InChI=1S/4C4H11NO.4C2H3F3O2.4Cu/c4*1-5(2)3-4-6;4*3-2(4,5)1(6)7;;;;/h4*6H,3-4H2,1-2H3;4*1,6-7H;;;;/q;;;;;;;;4*+1. The van der Waals surface area contributed by atoms with Gasteiger partial charge in [-0.05, 0) is 56.4 Å². The van der Waals surface area contributed by atoms with E-state index in [-0.39, 0.29) is 94.7 Å². The number of hydrogen-bond acceptors (Lipinski definition) is 16. The monoisotopic (exact) mass is 1070 g/mol. The second-order valence-electron chi connectivity index (χ2n) is 9.77. The van der Waals surface area contributed by atoms with Crippen molar-refractivity contribution in [2.75, 3.05) is 109 Å². The molecule has 368 valence electrons. The van der Waals surface area contributed by atoms with Gasteiger partial charge in [0.1, 0.15) is 0 Å². The molecular formula is C24H56Cu4F12N4O12+4. The SMILES string of the molecule is CN(C)CCO.CN(C)CCO.CN(C)CCO.CN(C)CCO.OC(O)C(F)(F)F.OC(O)C(F)(F)F.OC(O)C(F)(F)F.OC(O)C(F)(F)F.[Cu+].[Cu+].[Cu+].[Cu+]. The number of likely N-dealkylation sites (N-methyl/N-ethyl adjacent to an activating group) is 4. The third-order valence-electron chi connectivity index (χ3n) is 3.36. The van der Waals surface area contributed by atoms with Crippen molar-refractivity contribution in [2.45, 2.75) is 49.9 Å². The van der Waals surface area contributed by atoms with E-state index in [9.17, 15) is 52.7 Å². The van der Waals surface area contributed by atoms with Gasteiger partial charge < -0.3 is 80.9 Å². The maximum Gasteiger partial charge on any atom is 1.00 e. The molecule has 12 N–H and O–H groups in total. The number of aliphatic hydroxyl groups excluding tert-OH is 8. The van der Waals surface area contributed by atoms with Gasteiger partial charge in [0, 0.05) is 26.2 Å². The fourth-order valence-electron chi connectivity index (χ4n) is 0.800. The molecule has 0 aliphatic carbocycles. The molecule has 0 aromatic heterocycles. The van der Waals surface area contributed by atoms with Crippen molar-refractivity contribution in [1.29, 1.82) is 0 Å². The molecule has 0 spiro atoms. The van der Waals surface area contributed by atoms with Gasteiger partial charge >= 0.3 is 93.0 Å². The van der Waals surface area contributed by atoms with Crippen LogP contribution in [0.2, 0.25) is 0 Å². The Morgan fingerprint density at radius 1 is 0.304 bits per heavy atom. The first-order chi connectivity index (χ1) is 22.9. The Hall–Kier alpha value is 0.598. The number of hydrogen-bond donors (Lipinski definition) is 12. The van der Waals surface area contributed by atoms with E-state index in [0.717, 1.165) is 26.2 Å². The van der Waals surface area contributed by atoms with Crippen LogP contribution >= 0.6 is 0 Å². The maximum absolute atomic E-state index is 10.7. The zero-order chi connectivity index (χ0) is 44.3. The first-order valence-corrected chi connectivity index (χ1v) is 13.6. The van der Waals surface area contributed by atoms with Crippen molar-refractivity contribution < 1.29 is 182 Å². The zero-order valence-electron chi connectivity index (χ0n) is 30.9. The van der Waals surface area contributed by atoms with Crippen molar-refractivity contribution >= 4 is 0 Å². The van der Waals surface area contributed by atoms with E-state index >= 15 is 0 Å². The minimum Gasteiger partial charge on any atom is -0.395 e. The van der Waals surface area contributed by atoms with E-state index in [1.54, 1.807) is 0 Å². The van der Waals surface area contributed by atoms with Crippen molar-refractivity contribution in [3.05, 3.63) is 0 Å². The van der Waals surface area contributed by atoms with E-state index < -0.39 is 49.9 Å². The van der Waals surface area contributed by atoms with Crippen molar-refractivity contribution in [1.82, 2.24) is 19.6 Å². The van der Waals surface area contributed by atoms with Gasteiger partial charge in [-0.25, -0.2) is 0 Å². The van der Waals surface area contributed by atoms with Crippen LogP contribution in [0.3, 0.4) is 0 Å². The van der Waals surface area contributed by atoms with Crippen LogP contribution in [-0.2, 0) is 68.3 Å². The average molecular weight is 1070 g/mol.